The standard InChI is InChI=1S/C13H18N2O3/c1-14-5-7-15(8-6-14)11-4-3-10(13(16)17)9-12(11)18-2/h3-4,9H,5-8H2,1-2H3,(H,16,17). The minimum atomic E-state index is -0.932. The van der Waals surface area contributed by atoms with Gasteiger partial charge in [0.1, 0.15) is 5.75 Å². The summed E-state index contributed by atoms with van der Waals surface area (Å²) in [6, 6.07) is 5.03. The van der Waals surface area contributed by atoms with Crippen LogP contribution in [0.5, 0.6) is 5.75 Å². The molecule has 18 heavy (non-hydrogen) atoms. The van der Waals surface area contributed by atoms with Gasteiger partial charge < -0.3 is 19.6 Å². The van der Waals surface area contributed by atoms with E-state index >= 15 is 0 Å². The molecule has 0 bridgehead atoms. The number of likely N-dealkylation sites (N-methyl/N-ethyl adjacent to an activating group) is 1. The highest BCUT2D eigenvalue weighted by Crippen LogP contribution is 2.30. The summed E-state index contributed by atoms with van der Waals surface area (Å²) in [4.78, 5) is 15.4. The zero-order chi connectivity index (χ0) is 13.1. The average molecular weight is 250 g/mol. The quantitative estimate of drug-likeness (QED) is 0.872. The van der Waals surface area contributed by atoms with Gasteiger partial charge in [-0.05, 0) is 25.2 Å². The predicted molar refractivity (Wildman–Crippen MR) is 69.7 cm³/mol. The maximum absolute atomic E-state index is 10.9. The van der Waals surface area contributed by atoms with Crippen molar-refractivity contribution in [1.82, 2.24) is 4.90 Å². The summed E-state index contributed by atoms with van der Waals surface area (Å²) in [7, 11) is 3.67. The van der Waals surface area contributed by atoms with E-state index in [-0.39, 0.29) is 5.56 Å². The van der Waals surface area contributed by atoms with E-state index in [4.69, 9.17) is 9.84 Å². The summed E-state index contributed by atoms with van der Waals surface area (Å²) < 4.78 is 5.30. The monoisotopic (exact) mass is 250 g/mol. The van der Waals surface area contributed by atoms with Crippen LogP contribution in [0.15, 0.2) is 18.2 Å². The van der Waals surface area contributed by atoms with Gasteiger partial charge >= 0.3 is 5.97 Å². The smallest absolute Gasteiger partial charge is 0.335 e. The second kappa shape index (κ2) is 5.27. The highest BCUT2D eigenvalue weighted by molar-refractivity contribution is 5.89. The number of hydrogen-bond donors (Lipinski definition) is 1. The fourth-order valence-corrected chi connectivity index (χ4v) is 2.12. The number of carboxylic acids is 1. The lowest BCUT2D eigenvalue weighted by molar-refractivity contribution is 0.0696. The molecule has 1 aliphatic rings. The van der Waals surface area contributed by atoms with E-state index in [1.165, 1.54) is 0 Å². The van der Waals surface area contributed by atoms with E-state index in [0.29, 0.717) is 5.75 Å². The summed E-state index contributed by atoms with van der Waals surface area (Å²) in [5.74, 6) is -0.308. The molecule has 1 aliphatic heterocycles. The molecule has 5 nitrogen and oxygen atoms in total. The topological polar surface area (TPSA) is 53.0 Å². The number of rotatable bonds is 3. The molecule has 0 atom stereocenters. The number of aromatic carboxylic acids is 1. The highest BCUT2D eigenvalue weighted by atomic mass is 16.5. The summed E-state index contributed by atoms with van der Waals surface area (Å²) >= 11 is 0. The summed E-state index contributed by atoms with van der Waals surface area (Å²) in [5, 5.41) is 8.96. The van der Waals surface area contributed by atoms with Gasteiger partial charge in [0.15, 0.2) is 0 Å². The van der Waals surface area contributed by atoms with Crippen molar-refractivity contribution in [3.8, 4) is 5.75 Å². The zero-order valence-corrected chi connectivity index (χ0v) is 10.7. The molecule has 1 aromatic carbocycles. The predicted octanol–water partition coefficient (Wildman–Crippen LogP) is 1.15. The Balaban J connectivity index is 2.24. The number of ether oxygens (including phenoxy) is 1. The van der Waals surface area contributed by atoms with E-state index in [9.17, 15) is 4.79 Å². The van der Waals surface area contributed by atoms with Crippen LogP contribution in [-0.4, -0.2) is 56.3 Å². The molecule has 0 spiro atoms. The fourth-order valence-electron chi connectivity index (χ4n) is 2.12. The van der Waals surface area contributed by atoms with Gasteiger partial charge in [-0.25, -0.2) is 4.79 Å². The van der Waals surface area contributed by atoms with Crippen LogP contribution in [0, 0.1) is 0 Å². The van der Waals surface area contributed by atoms with Crippen molar-refractivity contribution in [2.75, 3.05) is 45.2 Å². The molecule has 2 rings (SSSR count). The van der Waals surface area contributed by atoms with E-state index in [2.05, 4.69) is 16.8 Å². The van der Waals surface area contributed by atoms with Crippen LogP contribution in [0.3, 0.4) is 0 Å². The molecule has 1 heterocycles. The zero-order valence-electron chi connectivity index (χ0n) is 10.7. The van der Waals surface area contributed by atoms with Gasteiger partial charge in [0.2, 0.25) is 0 Å². The van der Waals surface area contributed by atoms with E-state index in [1.54, 1.807) is 19.2 Å². The molecule has 1 aromatic rings. The molecule has 1 saturated heterocycles. The highest BCUT2D eigenvalue weighted by Gasteiger charge is 2.18. The summed E-state index contributed by atoms with van der Waals surface area (Å²) in [5.41, 5.74) is 1.22. The second-order valence-electron chi connectivity index (χ2n) is 4.48. The molecule has 0 amide bonds. The van der Waals surface area contributed by atoms with Gasteiger partial charge in [-0.1, -0.05) is 0 Å². The lowest BCUT2D eigenvalue weighted by atomic mass is 10.1. The molecule has 1 N–H and O–H groups in total. The maximum Gasteiger partial charge on any atom is 0.335 e. The Hall–Kier alpha value is -1.75. The molecule has 0 aliphatic carbocycles. The first-order valence-corrected chi connectivity index (χ1v) is 5.96. The molecular weight excluding hydrogens is 232 g/mol. The molecule has 5 heteroatoms. The fraction of sp³-hybridized carbons (Fsp3) is 0.462. The lowest BCUT2D eigenvalue weighted by Crippen LogP contribution is -2.44. The first kappa shape index (κ1) is 12.7. The Morgan fingerprint density at radius 1 is 1.28 bits per heavy atom. The van der Waals surface area contributed by atoms with Gasteiger partial charge in [0.25, 0.3) is 0 Å². The number of nitrogens with zero attached hydrogens (tertiary/aromatic N) is 2. The van der Waals surface area contributed by atoms with Crippen LogP contribution in [0.4, 0.5) is 5.69 Å². The third-order valence-corrected chi connectivity index (χ3v) is 3.27. The largest absolute Gasteiger partial charge is 0.495 e. The van der Waals surface area contributed by atoms with Crippen molar-refractivity contribution in [2.24, 2.45) is 0 Å². The maximum atomic E-state index is 10.9. The molecular formula is C13H18N2O3. The SMILES string of the molecule is COc1cc(C(=O)O)ccc1N1CCN(C)CC1. The Morgan fingerprint density at radius 2 is 1.94 bits per heavy atom. The third-order valence-electron chi connectivity index (χ3n) is 3.27. The Bertz CT molecular complexity index is 440. The first-order chi connectivity index (χ1) is 8.61. The van der Waals surface area contributed by atoms with Gasteiger partial charge in [-0.3, -0.25) is 0 Å². The van der Waals surface area contributed by atoms with Crippen molar-refractivity contribution in [3.63, 3.8) is 0 Å². The Morgan fingerprint density at radius 3 is 2.50 bits per heavy atom. The van der Waals surface area contributed by atoms with Crippen molar-refractivity contribution in [3.05, 3.63) is 23.8 Å². The number of anilines is 1. The molecule has 98 valence electrons. The summed E-state index contributed by atoms with van der Waals surface area (Å²) in [6.07, 6.45) is 0. The van der Waals surface area contributed by atoms with Crippen LogP contribution in [-0.2, 0) is 0 Å². The number of methoxy groups -OCH3 is 1. The van der Waals surface area contributed by atoms with Crippen LogP contribution >= 0.6 is 0 Å². The van der Waals surface area contributed by atoms with Crippen molar-refractivity contribution < 1.29 is 14.6 Å². The van der Waals surface area contributed by atoms with E-state index < -0.39 is 5.97 Å². The number of benzene rings is 1. The molecule has 0 aromatic heterocycles. The Kier molecular flexibility index (Phi) is 3.72. The first-order valence-electron chi connectivity index (χ1n) is 5.96. The van der Waals surface area contributed by atoms with Gasteiger partial charge in [-0.2, -0.15) is 0 Å². The van der Waals surface area contributed by atoms with Crippen molar-refractivity contribution in [2.45, 2.75) is 0 Å². The minimum absolute atomic E-state index is 0.254. The van der Waals surface area contributed by atoms with Crippen molar-refractivity contribution in [1.29, 1.82) is 0 Å². The van der Waals surface area contributed by atoms with E-state index in [1.807, 2.05) is 6.07 Å². The van der Waals surface area contributed by atoms with Gasteiger partial charge in [0.05, 0.1) is 18.4 Å². The molecule has 0 unspecified atom stereocenters. The third kappa shape index (κ3) is 2.56. The number of hydrogen-bond acceptors (Lipinski definition) is 4. The molecule has 0 radical (unpaired) electrons. The average Bonchev–Trinajstić information content (AvgIpc) is 2.39. The number of carboxylic acid groups (broad SMARTS) is 1. The number of carbonyl (C=O) groups is 1. The molecule has 0 saturated carbocycles. The lowest BCUT2D eigenvalue weighted by Gasteiger charge is -2.34. The van der Waals surface area contributed by atoms with Crippen LogP contribution in [0.25, 0.3) is 0 Å². The van der Waals surface area contributed by atoms with Crippen LogP contribution in [0.2, 0.25) is 0 Å². The number of piperazine rings is 1. The summed E-state index contributed by atoms with van der Waals surface area (Å²) in [6.45, 7) is 3.87. The van der Waals surface area contributed by atoms with Gasteiger partial charge in [0, 0.05) is 26.2 Å². The second-order valence-corrected chi connectivity index (χ2v) is 4.48. The van der Waals surface area contributed by atoms with Gasteiger partial charge in [-0.15, -0.1) is 0 Å². The van der Waals surface area contributed by atoms with Crippen LogP contribution in [0.1, 0.15) is 10.4 Å². The Labute approximate surface area is 107 Å². The normalized spacial score (nSPS) is 16.7. The minimum Gasteiger partial charge on any atom is -0.495 e. The van der Waals surface area contributed by atoms with Crippen molar-refractivity contribution >= 4 is 11.7 Å². The van der Waals surface area contributed by atoms with E-state index in [0.717, 1.165) is 31.9 Å². The van der Waals surface area contributed by atoms with Crippen LogP contribution < -0.4 is 9.64 Å². The molecule has 1 fully saturated rings.